The van der Waals surface area contributed by atoms with Gasteiger partial charge in [-0.05, 0) is 45.4 Å². The molecule has 2 aromatic rings. The van der Waals surface area contributed by atoms with Crippen LogP contribution in [0.3, 0.4) is 0 Å². The molecule has 0 radical (unpaired) electrons. The van der Waals surface area contributed by atoms with Gasteiger partial charge in [0.25, 0.3) is 0 Å². The summed E-state index contributed by atoms with van der Waals surface area (Å²) >= 11 is 6.16. The molecule has 0 amide bonds. The molecule has 0 spiro atoms. The fourth-order valence-electron chi connectivity index (χ4n) is 2.53. The average Bonchev–Trinajstić information content (AvgIpc) is 2.74. The van der Waals surface area contributed by atoms with Gasteiger partial charge in [0.2, 0.25) is 0 Å². The Morgan fingerprint density at radius 1 is 0.958 bits per heavy atom. The van der Waals surface area contributed by atoms with Crippen molar-refractivity contribution in [2.24, 2.45) is 0 Å². The first-order valence-electron chi connectivity index (χ1n) is 8.10. The highest BCUT2D eigenvalue weighted by molar-refractivity contribution is 6.63. The fourth-order valence-corrected chi connectivity index (χ4v) is 2.70. The van der Waals surface area contributed by atoms with Gasteiger partial charge in [0.15, 0.2) is 0 Å². The number of ether oxygens (including phenoxy) is 1. The molecule has 0 atom stereocenters. The van der Waals surface area contributed by atoms with Gasteiger partial charge in [-0.3, -0.25) is 0 Å². The second-order valence-corrected chi connectivity index (χ2v) is 7.48. The molecule has 0 aromatic heterocycles. The van der Waals surface area contributed by atoms with E-state index in [4.69, 9.17) is 25.6 Å². The number of hydrogen-bond acceptors (Lipinski definition) is 3. The average molecular weight is 345 g/mol. The molecule has 3 nitrogen and oxygen atoms in total. The van der Waals surface area contributed by atoms with Gasteiger partial charge in [0, 0.05) is 10.5 Å². The van der Waals surface area contributed by atoms with Crippen molar-refractivity contribution in [3.63, 3.8) is 0 Å². The summed E-state index contributed by atoms with van der Waals surface area (Å²) in [5.74, 6) is 0.685. The monoisotopic (exact) mass is 344 g/mol. The van der Waals surface area contributed by atoms with Crippen molar-refractivity contribution in [3.8, 4) is 5.75 Å². The van der Waals surface area contributed by atoms with Gasteiger partial charge in [-0.1, -0.05) is 48.0 Å². The Morgan fingerprint density at radius 3 is 2.21 bits per heavy atom. The van der Waals surface area contributed by atoms with E-state index in [1.165, 1.54) is 0 Å². The highest BCUT2D eigenvalue weighted by Crippen LogP contribution is 2.37. The van der Waals surface area contributed by atoms with Crippen LogP contribution in [0.15, 0.2) is 48.5 Å². The first kappa shape index (κ1) is 17.3. The van der Waals surface area contributed by atoms with Crippen molar-refractivity contribution in [3.05, 3.63) is 59.1 Å². The topological polar surface area (TPSA) is 27.7 Å². The van der Waals surface area contributed by atoms with E-state index in [1.807, 2.05) is 76.2 Å². The first-order valence-corrected chi connectivity index (χ1v) is 8.48. The van der Waals surface area contributed by atoms with E-state index in [2.05, 4.69) is 0 Å². The molecular formula is C19H22BClO3. The van der Waals surface area contributed by atoms with Gasteiger partial charge in [-0.15, -0.1) is 0 Å². The van der Waals surface area contributed by atoms with Crippen molar-refractivity contribution in [1.29, 1.82) is 0 Å². The van der Waals surface area contributed by atoms with E-state index in [9.17, 15) is 0 Å². The number of halogens is 1. The summed E-state index contributed by atoms with van der Waals surface area (Å²) in [7, 11) is -0.474. The summed E-state index contributed by atoms with van der Waals surface area (Å²) in [6.07, 6.45) is 0. The smallest absolute Gasteiger partial charge is 0.489 e. The molecular weight excluding hydrogens is 322 g/mol. The van der Waals surface area contributed by atoms with Gasteiger partial charge in [0.1, 0.15) is 12.4 Å². The van der Waals surface area contributed by atoms with Crippen LogP contribution in [0.5, 0.6) is 5.75 Å². The van der Waals surface area contributed by atoms with E-state index in [1.54, 1.807) is 0 Å². The molecule has 0 unspecified atom stereocenters. The summed E-state index contributed by atoms with van der Waals surface area (Å²) in [6.45, 7) is 8.61. The van der Waals surface area contributed by atoms with Crippen LogP contribution in [0.2, 0.25) is 5.02 Å². The van der Waals surface area contributed by atoms with Gasteiger partial charge in [0.05, 0.1) is 11.2 Å². The highest BCUT2D eigenvalue weighted by atomic mass is 35.5. The van der Waals surface area contributed by atoms with Gasteiger partial charge >= 0.3 is 7.12 Å². The quantitative estimate of drug-likeness (QED) is 0.777. The number of benzene rings is 2. The second-order valence-electron chi connectivity index (χ2n) is 7.04. The van der Waals surface area contributed by atoms with Crippen LogP contribution in [0.25, 0.3) is 0 Å². The molecule has 1 aliphatic heterocycles. The lowest BCUT2D eigenvalue weighted by Gasteiger charge is -2.32. The SMILES string of the molecule is CC1(C)OB(c2ccc(Cl)cc2OCc2ccccc2)OC1(C)C. The maximum atomic E-state index is 6.16. The van der Waals surface area contributed by atoms with Crippen molar-refractivity contribution in [2.75, 3.05) is 0 Å². The maximum Gasteiger partial charge on any atom is 0.498 e. The summed E-state index contributed by atoms with van der Waals surface area (Å²) in [6, 6.07) is 15.6. The number of rotatable bonds is 4. The lowest BCUT2D eigenvalue weighted by Crippen LogP contribution is -2.41. The minimum absolute atomic E-state index is 0.395. The number of hydrogen-bond donors (Lipinski definition) is 0. The van der Waals surface area contributed by atoms with E-state index in [0.717, 1.165) is 11.0 Å². The van der Waals surface area contributed by atoms with Crippen LogP contribution < -0.4 is 10.2 Å². The summed E-state index contributed by atoms with van der Waals surface area (Å²) in [4.78, 5) is 0. The highest BCUT2D eigenvalue weighted by Gasteiger charge is 2.52. The van der Waals surface area contributed by atoms with Gasteiger partial charge < -0.3 is 14.0 Å². The van der Waals surface area contributed by atoms with Crippen LogP contribution in [-0.4, -0.2) is 18.3 Å². The van der Waals surface area contributed by atoms with E-state index in [0.29, 0.717) is 17.4 Å². The van der Waals surface area contributed by atoms with Crippen LogP contribution in [0.4, 0.5) is 0 Å². The van der Waals surface area contributed by atoms with Crippen molar-refractivity contribution >= 4 is 24.2 Å². The molecule has 126 valence electrons. The largest absolute Gasteiger partial charge is 0.498 e. The second kappa shape index (κ2) is 6.43. The van der Waals surface area contributed by atoms with E-state index >= 15 is 0 Å². The summed E-state index contributed by atoms with van der Waals surface area (Å²) in [5.41, 5.74) is 1.16. The van der Waals surface area contributed by atoms with Crippen molar-refractivity contribution in [1.82, 2.24) is 0 Å². The van der Waals surface area contributed by atoms with Crippen molar-refractivity contribution in [2.45, 2.75) is 45.5 Å². The molecule has 0 N–H and O–H groups in total. The normalized spacial score (nSPS) is 18.6. The third-order valence-corrected chi connectivity index (χ3v) is 4.96. The van der Waals surface area contributed by atoms with E-state index in [-0.39, 0.29) is 0 Å². The zero-order valence-corrected chi connectivity index (χ0v) is 15.3. The summed E-state index contributed by atoms with van der Waals surface area (Å²) < 4.78 is 18.3. The van der Waals surface area contributed by atoms with E-state index < -0.39 is 18.3 Å². The Labute approximate surface area is 149 Å². The molecule has 3 rings (SSSR count). The standard InChI is InChI=1S/C19H22BClO3/c1-18(2)19(3,4)24-20(23-18)16-11-10-15(21)12-17(16)22-13-14-8-6-5-7-9-14/h5-12H,13H2,1-4H3. The molecule has 5 heteroatoms. The predicted molar refractivity (Wildman–Crippen MR) is 97.9 cm³/mol. The lowest BCUT2D eigenvalue weighted by molar-refractivity contribution is 0.00578. The third kappa shape index (κ3) is 3.46. The summed E-state index contributed by atoms with van der Waals surface area (Å²) in [5, 5.41) is 0.623. The van der Waals surface area contributed by atoms with Gasteiger partial charge in [-0.25, -0.2) is 0 Å². The molecule has 24 heavy (non-hydrogen) atoms. The lowest BCUT2D eigenvalue weighted by atomic mass is 9.78. The minimum atomic E-state index is -0.474. The van der Waals surface area contributed by atoms with Crippen LogP contribution >= 0.6 is 11.6 Å². The van der Waals surface area contributed by atoms with Crippen LogP contribution in [0, 0.1) is 0 Å². The fraction of sp³-hybridized carbons (Fsp3) is 0.368. The predicted octanol–water partition coefficient (Wildman–Crippen LogP) is 4.22. The first-order chi connectivity index (χ1) is 11.3. The molecule has 1 aliphatic rings. The maximum absolute atomic E-state index is 6.16. The molecule has 0 bridgehead atoms. The van der Waals surface area contributed by atoms with Gasteiger partial charge in [-0.2, -0.15) is 0 Å². The van der Waals surface area contributed by atoms with Crippen LogP contribution in [0.1, 0.15) is 33.3 Å². The molecule has 1 heterocycles. The zero-order chi connectivity index (χ0) is 17.4. The Bertz CT molecular complexity index is 700. The molecule has 1 saturated heterocycles. The van der Waals surface area contributed by atoms with Crippen molar-refractivity contribution < 1.29 is 14.0 Å². The molecule has 0 aliphatic carbocycles. The molecule has 0 saturated carbocycles. The Morgan fingerprint density at radius 2 is 1.58 bits per heavy atom. The Hall–Kier alpha value is -1.49. The molecule has 2 aromatic carbocycles. The van der Waals surface area contributed by atoms with Crippen LogP contribution in [-0.2, 0) is 15.9 Å². The molecule has 1 fully saturated rings. The minimum Gasteiger partial charge on any atom is -0.489 e. The zero-order valence-electron chi connectivity index (χ0n) is 14.5. The Balaban J connectivity index is 1.84. The Kier molecular flexibility index (Phi) is 4.65. The third-order valence-electron chi connectivity index (χ3n) is 4.72.